The Labute approximate surface area is 107 Å². The number of carbonyl (C=O) groups is 1. The van der Waals surface area contributed by atoms with Crippen LogP contribution in [0.1, 0.15) is 24.2 Å². The molecular formula is C12H18BNO4. The van der Waals surface area contributed by atoms with Crippen LogP contribution in [0.3, 0.4) is 0 Å². The van der Waals surface area contributed by atoms with Crippen molar-refractivity contribution in [2.75, 3.05) is 20.2 Å². The van der Waals surface area contributed by atoms with Crippen LogP contribution in [0.25, 0.3) is 0 Å². The molecule has 5 nitrogen and oxygen atoms in total. The fraction of sp³-hybridized carbons (Fsp3) is 0.417. The van der Waals surface area contributed by atoms with E-state index < -0.39 is 7.12 Å². The van der Waals surface area contributed by atoms with Gasteiger partial charge in [0.2, 0.25) is 0 Å². The zero-order valence-corrected chi connectivity index (χ0v) is 10.9. The second-order valence-electron chi connectivity index (χ2n) is 3.77. The minimum atomic E-state index is -1.74. The zero-order chi connectivity index (χ0) is 13.7. The molecule has 0 aliphatic rings. The van der Waals surface area contributed by atoms with Crippen molar-refractivity contribution in [3.05, 3.63) is 23.8 Å². The number of rotatable bonds is 5. The van der Waals surface area contributed by atoms with Gasteiger partial charge in [0.1, 0.15) is 5.75 Å². The monoisotopic (exact) mass is 251 g/mol. The van der Waals surface area contributed by atoms with Crippen LogP contribution in [0.15, 0.2) is 18.2 Å². The maximum atomic E-state index is 12.2. The van der Waals surface area contributed by atoms with E-state index in [1.807, 2.05) is 13.8 Å². The predicted molar refractivity (Wildman–Crippen MR) is 70.1 cm³/mol. The van der Waals surface area contributed by atoms with Crippen LogP contribution in [0.4, 0.5) is 0 Å². The molecule has 1 aromatic carbocycles. The van der Waals surface area contributed by atoms with E-state index in [9.17, 15) is 14.8 Å². The van der Waals surface area contributed by atoms with Crippen LogP contribution in [0.5, 0.6) is 5.75 Å². The van der Waals surface area contributed by atoms with Crippen molar-refractivity contribution in [3.8, 4) is 5.75 Å². The Bertz CT molecular complexity index is 419. The van der Waals surface area contributed by atoms with Gasteiger partial charge in [0.05, 0.1) is 7.11 Å². The summed E-state index contributed by atoms with van der Waals surface area (Å²) in [4.78, 5) is 13.9. The molecule has 0 aromatic heterocycles. The SMILES string of the molecule is CCN(CC)C(=O)c1cccc(OC)c1B(O)O. The average Bonchev–Trinajstić information content (AvgIpc) is 2.38. The van der Waals surface area contributed by atoms with E-state index in [4.69, 9.17) is 4.74 Å². The van der Waals surface area contributed by atoms with Gasteiger partial charge in [-0.05, 0) is 26.0 Å². The molecule has 6 heteroatoms. The minimum Gasteiger partial charge on any atom is -0.497 e. The maximum Gasteiger partial charge on any atom is 0.493 e. The van der Waals surface area contributed by atoms with Crippen molar-refractivity contribution in [2.45, 2.75) is 13.8 Å². The van der Waals surface area contributed by atoms with Crippen LogP contribution in [-0.4, -0.2) is 48.2 Å². The Hall–Kier alpha value is -1.53. The molecule has 0 saturated heterocycles. The van der Waals surface area contributed by atoms with E-state index >= 15 is 0 Å². The maximum absolute atomic E-state index is 12.2. The highest BCUT2D eigenvalue weighted by atomic mass is 16.5. The average molecular weight is 251 g/mol. The number of amides is 1. The van der Waals surface area contributed by atoms with Gasteiger partial charge in [-0.2, -0.15) is 0 Å². The Morgan fingerprint density at radius 1 is 1.33 bits per heavy atom. The Balaban J connectivity index is 3.27. The lowest BCUT2D eigenvalue weighted by atomic mass is 9.76. The predicted octanol–water partition coefficient (Wildman–Crippen LogP) is -0.143. The van der Waals surface area contributed by atoms with Crippen LogP contribution < -0.4 is 10.2 Å². The van der Waals surface area contributed by atoms with Gasteiger partial charge in [-0.1, -0.05) is 6.07 Å². The van der Waals surface area contributed by atoms with E-state index in [0.717, 1.165) is 0 Å². The second kappa shape index (κ2) is 6.42. The molecule has 98 valence electrons. The third kappa shape index (κ3) is 2.83. The third-order valence-corrected chi connectivity index (χ3v) is 2.83. The Kier molecular flexibility index (Phi) is 5.18. The standard InChI is InChI=1S/C12H18BNO4/c1-4-14(5-2)12(15)9-7-6-8-10(18-3)11(9)13(16)17/h6-8,16-17H,4-5H2,1-3H3. The van der Waals surface area contributed by atoms with Gasteiger partial charge in [-0.3, -0.25) is 4.79 Å². The molecule has 0 radical (unpaired) electrons. The number of nitrogens with zero attached hydrogens (tertiary/aromatic N) is 1. The topological polar surface area (TPSA) is 70.0 Å². The lowest BCUT2D eigenvalue weighted by Crippen LogP contribution is -2.40. The van der Waals surface area contributed by atoms with Gasteiger partial charge in [-0.25, -0.2) is 0 Å². The van der Waals surface area contributed by atoms with Crippen molar-refractivity contribution in [3.63, 3.8) is 0 Å². The van der Waals surface area contributed by atoms with Crippen LogP contribution in [0.2, 0.25) is 0 Å². The highest BCUT2D eigenvalue weighted by Crippen LogP contribution is 2.13. The Morgan fingerprint density at radius 2 is 1.94 bits per heavy atom. The number of hydrogen-bond acceptors (Lipinski definition) is 4. The van der Waals surface area contributed by atoms with Crippen molar-refractivity contribution < 1.29 is 19.6 Å². The van der Waals surface area contributed by atoms with E-state index in [-0.39, 0.29) is 16.9 Å². The molecular weight excluding hydrogens is 233 g/mol. The normalized spacial score (nSPS) is 10.1. The molecule has 0 saturated carbocycles. The van der Waals surface area contributed by atoms with Crippen LogP contribution in [-0.2, 0) is 0 Å². The molecule has 0 fully saturated rings. The van der Waals surface area contributed by atoms with E-state index in [2.05, 4.69) is 0 Å². The zero-order valence-electron chi connectivity index (χ0n) is 10.9. The lowest BCUT2D eigenvalue weighted by Gasteiger charge is -2.21. The summed E-state index contributed by atoms with van der Waals surface area (Å²) in [7, 11) is -0.317. The van der Waals surface area contributed by atoms with Crippen molar-refractivity contribution in [1.82, 2.24) is 4.90 Å². The molecule has 0 aliphatic carbocycles. The van der Waals surface area contributed by atoms with E-state index in [1.165, 1.54) is 7.11 Å². The third-order valence-electron chi connectivity index (χ3n) is 2.83. The number of carbonyl (C=O) groups excluding carboxylic acids is 1. The molecule has 0 spiro atoms. The smallest absolute Gasteiger partial charge is 0.493 e. The quantitative estimate of drug-likeness (QED) is 0.714. The van der Waals surface area contributed by atoms with Gasteiger partial charge in [0.25, 0.3) is 5.91 Å². The molecule has 1 amide bonds. The summed E-state index contributed by atoms with van der Waals surface area (Å²) in [5.74, 6) is 0.0602. The van der Waals surface area contributed by atoms with Crippen molar-refractivity contribution >= 4 is 18.5 Å². The minimum absolute atomic E-state index is 0.108. The van der Waals surface area contributed by atoms with Gasteiger partial charge in [-0.15, -0.1) is 0 Å². The molecule has 0 unspecified atom stereocenters. The molecule has 0 atom stereocenters. The molecule has 1 rings (SSSR count). The fourth-order valence-corrected chi connectivity index (χ4v) is 1.86. The van der Waals surface area contributed by atoms with Crippen molar-refractivity contribution in [1.29, 1.82) is 0 Å². The first-order chi connectivity index (χ1) is 8.56. The van der Waals surface area contributed by atoms with Gasteiger partial charge in [0.15, 0.2) is 0 Å². The molecule has 0 bridgehead atoms. The van der Waals surface area contributed by atoms with Crippen LogP contribution in [0, 0.1) is 0 Å². The van der Waals surface area contributed by atoms with Gasteiger partial charge >= 0.3 is 7.12 Å². The summed E-state index contributed by atoms with van der Waals surface area (Å²) in [5, 5.41) is 18.8. The van der Waals surface area contributed by atoms with Crippen molar-refractivity contribution in [2.24, 2.45) is 0 Å². The second-order valence-corrected chi connectivity index (χ2v) is 3.77. The first kappa shape index (κ1) is 14.5. The molecule has 2 N–H and O–H groups in total. The fourth-order valence-electron chi connectivity index (χ4n) is 1.86. The molecule has 18 heavy (non-hydrogen) atoms. The molecule has 1 aromatic rings. The summed E-state index contributed by atoms with van der Waals surface area (Å²) in [6.45, 7) is 4.87. The van der Waals surface area contributed by atoms with E-state index in [0.29, 0.717) is 18.8 Å². The highest BCUT2D eigenvalue weighted by Gasteiger charge is 2.26. The molecule has 0 heterocycles. The first-order valence-corrected chi connectivity index (χ1v) is 5.89. The summed E-state index contributed by atoms with van der Waals surface area (Å²) in [6.07, 6.45) is 0. The number of methoxy groups -OCH3 is 1. The summed E-state index contributed by atoms with van der Waals surface area (Å²) >= 11 is 0. The number of ether oxygens (including phenoxy) is 1. The largest absolute Gasteiger partial charge is 0.497 e. The number of benzene rings is 1. The summed E-state index contributed by atoms with van der Waals surface area (Å²) in [6, 6.07) is 4.81. The van der Waals surface area contributed by atoms with Crippen LogP contribution >= 0.6 is 0 Å². The molecule has 0 aliphatic heterocycles. The first-order valence-electron chi connectivity index (χ1n) is 5.89. The highest BCUT2D eigenvalue weighted by molar-refractivity contribution is 6.61. The number of hydrogen-bond donors (Lipinski definition) is 2. The van der Waals surface area contributed by atoms with E-state index in [1.54, 1.807) is 23.1 Å². The Morgan fingerprint density at radius 3 is 2.39 bits per heavy atom. The summed E-state index contributed by atoms with van der Waals surface area (Å²) < 4.78 is 5.05. The van der Waals surface area contributed by atoms with Gasteiger partial charge < -0.3 is 19.7 Å². The summed E-state index contributed by atoms with van der Waals surface area (Å²) in [5.41, 5.74) is 0.366. The van der Waals surface area contributed by atoms with Gasteiger partial charge in [0, 0.05) is 24.1 Å². The lowest BCUT2D eigenvalue weighted by molar-refractivity contribution is 0.0773.